The van der Waals surface area contributed by atoms with Crippen LogP contribution in [0.3, 0.4) is 0 Å². The first-order valence-corrected chi connectivity index (χ1v) is 16.0. The Morgan fingerprint density at radius 2 is 1.06 bits per heavy atom. The van der Waals surface area contributed by atoms with Crippen molar-refractivity contribution in [2.75, 3.05) is 0 Å². The van der Waals surface area contributed by atoms with E-state index in [0.29, 0.717) is 45.1 Å². The number of nitrogens with zero attached hydrogens (tertiary/aromatic N) is 4. The van der Waals surface area contributed by atoms with Gasteiger partial charge in [0.05, 0.1) is 27.7 Å². The Bertz CT molecular complexity index is 3200. The third-order valence-electron chi connectivity index (χ3n) is 8.82. The molecule has 3 aromatic heterocycles. The smallest absolute Gasteiger partial charge is 0.166 e. The van der Waals surface area contributed by atoms with E-state index < -0.39 is 0 Å². The molecule has 10 aromatic rings. The molecule has 0 bridgehead atoms. The highest BCUT2D eigenvalue weighted by molar-refractivity contribution is 6.11. The second-order valence-corrected chi connectivity index (χ2v) is 11.8. The molecule has 50 heavy (non-hydrogen) atoms. The molecule has 0 saturated carbocycles. The summed E-state index contributed by atoms with van der Waals surface area (Å²) >= 11 is 0. The van der Waals surface area contributed by atoms with Crippen LogP contribution in [0.4, 0.5) is 0 Å². The fraction of sp³-hybridized carbons (Fsp3) is 0. The molecule has 3 heterocycles. The second-order valence-electron chi connectivity index (χ2n) is 11.8. The lowest BCUT2D eigenvalue weighted by Gasteiger charge is -2.16. The van der Waals surface area contributed by atoms with Gasteiger partial charge in [0.1, 0.15) is 11.2 Å². The van der Waals surface area contributed by atoms with Crippen LogP contribution >= 0.6 is 0 Å². The molecule has 0 fully saturated rings. The van der Waals surface area contributed by atoms with Gasteiger partial charge in [0, 0.05) is 43.8 Å². The topological polar surface area (TPSA) is 56.7 Å². The monoisotopic (exact) mass is 648 g/mol. The van der Waals surface area contributed by atoms with Crippen molar-refractivity contribution in [3.8, 4) is 51.0 Å². The van der Waals surface area contributed by atoms with Gasteiger partial charge in [0.2, 0.25) is 0 Å². The minimum absolute atomic E-state index is 0.0103. The summed E-state index contributed by atoms with van der Waals surface area (Å²) in [6.45, 7) is 0. The van der Waals surface area contributed by atoms with E-state index in [9.17, 15) is 5.48 Å². The van der Waals surface area contributed by atoms with E-state index in [2.05, 4.69) is 0 Å². The normalized spacial score (nSPS) is 13.8. The molecule has 0 aliphatic carbocycles. The summed E-state index contributed by atoms with van der Waals surface area (Å²) in [4.78, 5) is 14.7. The summed E-state index contributed by atoms with van der Waals surface area (Å²) in [5, 5.41) is 1.73. The van der Waals surface area contributed by atoms with Crippen molar-refractivity contribution in [1.29, 1.82) is 0 Å². The molecule has 5 heteroatoms. The van der Waals surface area contributed by atoms with Crippen LogP contribution in [-0.4, -0.2) is 19.5 Å². The van der Waals surface area contributed by atoms with Gasteiger partial charge >= 0.3 is 0 Å². The summed E-state index contributed by atoms with van der Waals surface area (Å²) < 4.78 is 81.6. The van der Waals surface area contributed by atoms with Gasteiger partial charge in [0.15, 0.2) is 17.5 Å². The lowest BCUT2D eigenvalue weighted by Crippen LogP contribution is -2.04. The average molecular weight is 649 g/mol. The third-order valence-corrected chi connectivity index (χ3v) is 8.82. The largest absolute Gasteiger partial charge is 0.455 e. The molecule has 0 atom stereocenters. The van der Waals surface area contributed by atoms with Crippen molar-refractivity contribution in [3.63, 3.8) is 0 Å². The van der Waals surface area contributed by atoms with Crippen molar-refractivity contribution in [1.82, 2.24) is 19.5 Å². The van der Waals surface area contributed by atoms with Gasteiger partial charge < -0.3 is 8.98 Å². The fourth-order valence-electron chi connectivity index (χ4n) is 6.54. The SMILES string of the molecule is [2H]c1cc(-c2cccc3c2oc2ccccc23)c([2H])c(-n2c3c([2H])cc([2H])c([2H])c3c3c([2H])c([2H])cc([2H])c32)c1-c1nc(-c2ccccc2)nc(-c2ccccc2)n1. The zero-order chi connectivity index (χ0) is 40.0. The summed E-state index contributed by atoms with van der Waals surface area (Å²) in [6, 6.07) is 34.0. The summed E-state index contributed by atoms with van der Waals surface area (Å²) in [5.41, 5.74) is 3.48. The Hall–Kier alpha value is -6.85. The number of benzene rings is 7. The number of para-hydroxylation sites is 4. The minimum atomic E-state index is -0.298. The predicted molar refractivity (Wildman–Crippen MR) is 203 cm³/mol. The molecule has 0 aliphatic heterocycles. The molecule has 5 nitrogen and oxygen atoms in total. The zero-order valence-corrected chi connectivity index (χ0v) is 26.2. The van der Waals surface area contributed by atoms with E-state index in [1.54, 1.807) is 6.07 Å². The molecule has 0 radical (unpaired) electrons. The van der Waals surface area contributed by atoms with Crippen LogP contribution < -0.4 is 0 Å². The second kappa shape index (κ2) is 11.4. The highest BCUT2D eigenvalue weighted by atomic mass is 16.3. The first-order chi connectivity index (χ1) is 28.1. The maximum absolute atomic E-state index is 10.2. The molecule has 0 unspecified atom stereocenters. The van der Waals surface area contributed by atoms with Crippen LogP contribution in [0.5, 0.6) is 0 Å². The third kappa shape index (κ3) is 4.52. The predicted octanol–water partition coefficient (Wildman–Crippen LogP) is 11.5. The molecule has 10 rings (SSSR count). The Labute approximate surface area is 299 Å². The van der Waals surface area contributed by atoms with Crippen LogP contribution in [-0.2, 0) is 0 Å². The molecular formula is C45H28N4O. The van der Waals surface area contributed by atoms with Crippen LogP contribution in [0.15, 0.2) is 174 Å². The van der Waals surface area contributed by atoms with Crippen molar-refractivity contribution in [2.24, 2.45) is 0 Å². The zero-order valence-electron chi connectivity index (χ0n) is 34.2. The Morgan fingerprint density at radius 1 is 0.460 bits per heavy atom. The van der Waals surface area contributed by atoms with Crippen LogP contribution in [0.2, 0.25) is 0 Å². The molecule has 0 aliphatic rings. The van der Waals surface area contributed by atoms with Crippen molar-refractivity contribution in [2.45, 2.75) is 0 Å². The van der Waals surface area contributed by atoms with E-state index in [1.165, 1.54) is 16.7 Å². The number of aromatic nitrogens is 4. The molecule has 0 N–H and O–H groups in total. The average Bonchev–Trinajstić information content (AvgIpc) is 3.81. The molecule has 0 amide bonds. The number of hydrogen-bond acceptors (Lipinski definition) is 4. The van der Waals surface area contributed by atoms with Gasteiger partial charge in [-0.25, -0.2) is 15.0 Å². The highest BCUT2D eigenvalue weighted by Gasteiger charge is 2.21. The van der Waals surface area contributed by atoms with E-state index in [4.69, 9.17) is 24.9 Å². The quantitative estimate of drug-likeness (QED) is 0.186. The molecule has 0 spiro atoms. The van der Waals surface area contributed by atoms with E-state index in [-0.39, 0.29) is 87.2 Å². The maximum Gasteiger partial charge on any atom is 0.166 e. The van der Waals surface area contributed by atoms with Gasteiger partial charge in [-0.15, -0.1) is 0 Å². The van der Waals surface area contributed by atoms with E-state index >= 15 is 0 Å². The Kier molecular flexibility index (Phi) is 4.83. The fourth-order valence-corrected chi connectivity index (χ4v) is 6.54. The van der Waals surface area contributed by atoms with Crippen molar-refractivity contribution >= 4 is 43.7 Å². The molecule has 0 saturated heterocycles. The molecule has 234 valence electrons. The van der Waals surface area contributed by atoms with Crippen LogP contribution in [0.25, 0.3) is 94.7 Å². The van der Waals surface area contributed by atoms with E-state index in [0.717, 1.165) is 10.8 Å². The maximum atomic E-state index is 10.2. The molecule has 7 aromatic carbocycles. The number of fused-ring (bicyclic) bond motifs is 6. The highest BCUT2D eigenvalue weighted by Crippen LogP contribution is 2.41. The number of rotatable bonds is 5. The van der Waals surface area contributed by atoms with E-state index in [1.807, 2.05) is 103 Å². The van der Waals surface area contributed by atoms with Crippen LogP contribution in [0, 0.1) is 0 Å². The lowest BCUT2D eigenvalue weighted by atomic mass is 9.99. The van der Waals surface area contributed by atoms with Gasteiger partial charge in [-0.1, -0.05) is 139 Å². The van der Waals surface area contributed by atoms with Gasteiger partial charge in [-0.2, -0.15) is 0 Å². The Balaban J connectivity index is 1.40. The Morgan fingerprint density at radius 3 is 1.74 bits per heavy atom. The van der Waals surface area contributed by atoms with Gasteiger partial charge in [-0.3, -0.25) is 0 Å². The van der Waals surface area contributed by atoms with Gasteiger partial charge in [-0.05, 0) is 35.8 Å². The summed E-state index contributed by atoms with van der Waals surface area (Å²) in [7, 11) is 0. The first kappa shape index (κ1) is 21.2. The summed E-state index contributed by atoms with van der Waals surface area (Å²) in [5.74, 6) is 0.650. The lowest BCUT2D eigenvalue weighted by molar-refractivity contribution is 0.670. The van der Waals surface area contributed by atoms with Crippen molar-refractivity contribution in [3.05, 3.63) is 170 Å². The standard InChI is InChI=1S/C45H28N4O/c1-3-14-29(15-4-1)43-46-44(30-16-5-2-6-17-30)48-45(47-43)37-27-26-31(32-21-13-22-36-35-20-9-12-25-41(35)50-42(32)36)28-40(37)49-38-23-10-7-18-33(38)34-19-8-11-24-39(34)49/h1-28H/i7D,8D,18D,19D,23D,24D,27D,28D. The van der Waals surface area contributed by atoms with Crippen molar-refractivity contribution < 1.29 is 15.4 Å². The van der Waals surface area contributed by atoms with Gasteiger partial charge in [0.25, 0.3) is 0 Å². The molecular weight excluding hydrogens is 613 g/mol. The number of hydrogen-bond donors (Lipinski definition) is 0. The summed E-state index contributed by atoms with van der Waals surface area (Å²) in [6.07, 6.45) is 0. The first-order valence-electron chi connectivity index (χ1n) is 20.0. The van der Waals surface area contributed by atoms with Crippen LogP contribution in [0.1, 0.15) is 11.0 Å². The number of furan rings is 1. The minimum Gasteiger partial charge on any atom is -0.455 e.